The molecular weight excluding hydrogens is 210 g/mol. The van der Waals surface area contributed by atoms with E-state index < -0.39 is 0 Å². The summed E-state index contributed by atoms with van der Waals surface area (Å²) in [6.07, 6.45) is 9.60. The Balaban J connectivity index is 1.44. The molecule has 0 atom stereocenters. The highest BCUT2D eigenvalue weighted by Crippen LogP contribution is 2.27. The lowest BCUT2D eigenvalue weighted by Gasteiger charge is -2.34. The number of piperazine rings is 1. The highest BCUT2D eigenvalue weighted by atomic mass is 15.3. The first-order valence-corrected chi connectivity index (χ1v) is 7.56. The van der Waals surface area contributed by atoms with Crippen LogP contribution in [0.4, 0.5) is 0 Å². The maximum Gasteiger partial charge on any atom is 0.0113 e. The first-order chi connectivity index (χ1) is 8.40. The summed E-state index contributed by atoms with van der Waals surface area (Å²) in [6.45, 7) is 7.43. The van der Waals surface area contributed by atoms with Gasteiger partial charge in [0.15, 0.2) is 0 Å². The summed E-state index contributed by atoms with van der Waals surface area (Å²) in [5.41, 5.74) is 5.49. The van der Waals surface area contributed by atoms with Gasteiger partial charge in [-0.15, -0.1) is 0 Å². The van der Waals surface area contributed by atoms with E-state index in [1.807, 2.05) is 0 Å². The fourth-order valence-corrected chi connectivity index (χ4v) is 2.80. The van der Waals surface area contributed by atoms with Crippen LogP contribution in [0.25, 0.3) is 0 Å². The molecule has 0 amide bonds. The van der Waals surface area contributed by atoms with Crippen molar-refractivity contribution >= 4 is 0 Å². The molecule has 0 aromatic heterocycles. The number of hydrogen-bond acceptors (Lipinski definition) is 3. The van der Waals surface area contributed by atoms with E-state index in [2.05, 4.69) is 9.80 Å². The van der Waals surface area contributed by atoms with E-state index in [1.54, 1.807) is 0 Å². The molecule has 1 heterocycles. The molecule has 3 heteroatoms. The maximum atomic E-state index is 5.49. The van der Waals surface area contributed by atoms with Gasteiger partial charge in [-0.25, -0.2) is 0 Å². The van der Waals surface area contributed by atoms with Gasteiger partial charge in [-0.3, -0.25) is 4.90 Å². The van der Waals surface area contributed by atoms with Crippen molar-refractivity contribution in [3.63, 3.8) is 0 Å². The molecule has 0 aromatic carbocycles. The summed E-state index contributed by atoms with van der Waals surface area (Å²) in [7, 11) is 0. The zero-order chi connectivity index (χ0) is 11.9. The molecule has 17 heavy (non-hydrogen) atoms. The van der Waals surface area contributed by atoms with Gasteiger partial charge in [0.25, 0.3) is 0 Å². The lowest BCUT2D eigenvalue weighted by molar-refractivity contribution is 0.125. The Bertz CT molecular complexity index is 196. The van der Waals surface area contributed by atoms with Crippen LogP contribution in [0.15, 0.2) is 0 Å². The second-order valence-electron chi connectivity index (χ2n) is 5.67. The standard InChI is InChI=1S/C14H29N3/c15-8-4-2-1-3-5-9-16-10-12-17(13-11-16)14-6-7-14/h14H,1-13,15H2. The zero-order valence-electron chi connectivity index (χ0n) is 11.2. The van der Waals surface area contributed by atoms with Crippen LogP contribution in [0.1, 0.15) is 44.9 Å². The fourth-order valence-electron chi connectivity index (χ4n) is 2.80. The second-order valence-corrected chi connectivity index (χ2v) is 5.67. The highest BCUT2D eigenvalue weighted by molar-refractivity contribution is 4.87. The van der Waals surface area contributed by atoms with Crippen LogP contribution in [0, 0.1) is 0 Å². The maximum absolute atomic E-state index is 5.49. The third kappa shape index (κ3) is 4.94. The molecule has 0 radical (unpaired) electrons. The van der Waals surface area contributed by atoms with Gasteiger partial charge < -0.3 is 10.6 Å². The summed E-state index contributed by atoms with van der Waals surface area (Å²) < 4.78 is 0. The Labute approximate surface area is 106 Å². The van der Waals surface area contributed by atoms with Gasteiger partial charge in [-0.2, -0.15) is 0 Å². The van der Waals surface area contributed by atoms with Crippen molar-refractivity contribution in [2.24, 2.45) is 5.73 Å². The van der Waals surface area contributed by atoms with Gasteiger partial charge in [-0.05, 0) is 38.8 Å². The number of hydrogen-bond donors (Lipinski definition) is 1. The SMILES string of the molecule is NCCCCCCCN1CCN(C2CC2)CC1. The van der Waals surface area contributed by atoms with Crippen molar-refractivity contribution in [2.45, 2.75) is 51.0 Å². The lowest BCUT2D eigenvalue weighted by atomic mass is 10.1. The van der Waals surface area contributed by atoms with Crippen molar-refractivity contribution in [3.8, 4) is 0 Å². The Morgan fingerprint density at radius 3 is 2.12 bits per heavy atom. The van der Waals surface area contributed by atoms with E-state index in [1.165, 1.54) is 77.7 Å². The van der Waals surface area contributed by atoms with Crippen LogP contribution < -0.4 is 5.73 Å². The van der Waals surface area contributed by atoms with Crippen molar-refractivity contribution in [1.29, 1.82) is 0 Å². The molecule has 2 aliphatic rings. The summed E-state index contributed by atoms with van der Waals surface area (Å²) in [4.78, 5) is 5.35. The van der Waals surface area contributed by atoms with Crippen molar-refractivity contribution in [1.82, 2.24) is 9.80 Å². The number of nitrogens with zero attached hydrogens (tertiary/aromatic N) is 2. The lowest BCUT2D eigenvalue weighted by Crippen LogP contribution is -2.47. The normalized spacial score (nSPS) is 23.1. The minimum Gasteiger partial charge on any atom is -0.330 e. The first-order valence-electron chi connectivity index (χ1n) is 7.56. The number of nitrogens with two attached hydrogens (primary N) is 1. The van der Waals surface area contributed by atoms with Gasteiger partial charge in [0, 0.05) is 32.2 Å². The molecule has 0 spiro atoms. The minimum absolute atomic E-state index is 0.864. The molecule has 0 aromatic rings. The molecule has 2 N–H and O–H groups in total. The average Bonchev–Trinajstić information content (AvgIpc) is 3.19. The molecule has 2 fully saturated rings. The summed E-state index contributed by atoms with van der Waals surface area (Å²) in [6, 6.07) is 0.966. The van der Waals surface area contributed by atoms with Crippen LogP contribution >= 0.6 is 0 Å². The smallest absolute Gasteiger partial charge is 0.0113 e. The molecule has 0 unspecified atom stereocenters. The highest BCUT2D eigenvalue weighted by Gasteiger charge is 2.30. The number of rotatable bonds is 8. The van der Waals surface area contributed by atoms with E-state index in [0.717, 1.165) is 12.6 Å². The third-order valence-electron chi connectivity index (χ3n) is 4.15. The molecule has 100 valence electrons. The Hall–Kier alpha value is -0.120. The Morgan fingerprint density at radius 2 is 1.47 bits per heavy atom. The quantitative estimate of drug-likeness (QED) is 0.654. The van der Waals surface area contributed by atoms with E-state index >= 15 is 0 Å². The summed E-state index contributed by atoms with van der Waals surface area (Å²) in [5, 5.41) is 0. The van der Waals surface area contributed by atoms with Crippen LogP contribution in [0.3, 0.4) is 0 Å². The molecule has 0 bridgehead atoms. The zero-order valence-corrected chi connectivity index (χ0v) is 11.2. The van der Waals surface area contributed by atoms with Crippen LogP contribution in [0.2, 0.25) is 0 Å². The first kappa shape index (κ1) is 13.3. The number of unbranched alkanes of at least 4 members (excludes halogenated alkanes) is 4. The van der Waals surface area contributed by atoms with Crippen molar-refractivity contribution < 1.29 is 0 Å². The minimum atomic E-state index is 0.864. The Morgan fingerprint density at radius 1 is 0.824 bits per heavy atom. The largest absolute Gasteiger partial charge is 0.330 e. The van der Waals surface area contributed by atoms with E-state index in [-0.39, 0.29) is 0 Å². The average molecular weight is 239 g/mol. The third-order valence-corrected chi connectivity index (χ3v) is 4.15. The molecule has 1 aliphatic carbocycles. The van der Waals surface area contributed by atoms with Gasteiger partial charge in [0.05, 0.1) is 0 Å². The van der Waals surface area contributed by atoms with Crippen LogP contribution in [-0.4, -0.2) is 55.1 Å². The predicted octanol–water partition coefficient (Wildman–Crippen LogP) is 1.68. The van der Waals surface area contributed by atoms with Crippen LogP contribution in [0.5, 0.6) is 0 Å². The molecule has 2 rings (SSSR count). The van der Waals surface area contributed by atoms with Crippen molar-refractivity contribution in [3.05, 3.63) is 0 Å². The summed E-state index contributed by atoms with van der Waals surface area (Å²) in [5.74, 6) is 0. The molecule has 1 saturated carbocycles. The van der Waals surface area contributed by atoms with E-state index in [9.17, 15) is 0 Å². The van der Waals surface area contributed by atoms with Gasteiger partial charge >= 0.3 is 0 Å². The van der Waals surface area contributed by atoms with E-state index in [0.29, 0.717) is 0 Å². The molecular formula is C14H29N3. The van der Waals surface area contributed by atoms with Gasteiger partial charge in [0.2, 0.25) is 0 Å². The molecule has 3 nitrogen and oxygen atoms in total. The van der Waals surface area contributed by atoms with Gasteiger partial charge in [-0.1, -0.05) is 19.3 Å². The predicted molar refractivity (Wildman–Crippen MR) is 73.2 cm³/mol. The van der Waals surface area contributed by atoms with E-state index in [4.69, 9.17) is 5.73 Å². The van der Waals surface area contributed by atoms with Gasteiger partial charge in [0.1, 0.15) is 0 Å². The topological polar surface area (TPSA) is 32.5 Å². The Kier molecular flexibility index (Phi) is 5.75. The second kappa shape index (κ2) is 7.34. The fraction of sp³-hybridized carbons (Fsp3) is 1.00. The molecule has 1 aliphatic heterocycles. The molecule has 1 saturated heterocycles. The summed E-state index contributed by atoms with van der Waals surface area (Å²) >= 11 is 0. The monoisotopic (exact) mass is 239 g/mol. The van der Waals surface area contributed by atoms with Crippen LogP contribution in [-0.2, 0) is 0 Å². The van der Waals surface area contributed by atoms with Crippen molar-refractivity contribution in [2.75, 3.05) is 39.3 Å².